The summed E-state index contributed by atoms with van der Waals surface area (Å²) in [5.74, 6) is -0.314. The molecule has 0 saturated carbocycles. The van der Waals surface area contributed by atoms with E-state index >= 15 is 0 Å². The van der Waals surface area contributed by atoms with E-state index in [-0.39, 0.29) is 18.4 Å². The molecule has 8 heteroatoms. The summed E-state index contributed by atoms with van der Waals surface area (Å²) in [5.41, 5.74) is 0. The number of hydrogen-bond acceptors (Lipinski definition) is 5. The van der Waals surface area contributed by atoms with Crippen molar-refractivity contribution in [2.45, 2.75) is 63.8 Å². The van der Waals surface area contributed by atoms with E-state index in [2.05, 4.69) is 37.9 Å². The molecule has 0 radical (unpaired) electrons. The summed E-state index contributed by atoms with van der Waals surface area (Å²) in [6, 6.07) is 4.32. The maximum atomic E-state index is 12.8. The molecule has 2 heterocycles. The van der Waals surface area contributed by atoms with Crippen LogP contribution in [0.15, 0.2) is 16.3 Å². The molecular weight excluding hydrogens is 382 g/mol. The zero-order valence-corrected chi connectivity index (χ0v) is 18.7. The molecule has 1 aliphatic rings. The Morgan fingerprint density at radius 3 is 2.52 bits per heavy atom. The van der Waals surface area contributed by atoms with Crippen LogP contribution in [0.25, 0.3) is 0 Å². The minimum atomic E-state index is -3.50. The van der Waals surface area contributed by atoms with Gasteiger partial charge in [0.2, 0.25) is 5.91 Å². The summed E-state index contributed by atoms with van der Waals surface area (Å²) in [7, 11) is -3.50. The molecule has 1 fully saturated rings. The molecule has 0 aromatic carbocycles. The topological polar surface area (TPSA) is 69.7 Å². The van der Waals surface area contributed by atoms with Crippen LogP contribution in [-0.2, 0) is 14.8 Å². The van der Waals surface area contributed by atoms with Gasteiger partial charge < -0.3 is 5.32 Å². The van der Waals surface area contributed by atoms with Crippen molar-refractivity contribution >= 4 is 27.3 Å². The van der Waals surface area contributed by atoms with Crippen LogP contribution in [0.5, 0.6) is 0 Å². The fourth-order valence-corrected chi connectivity index (χ4v) is 6.58. The van der Waals surface area contributed by atoms with Crippen molar-refractivity contribution < 1.29 is 13.2 Å². The van der Waals surface area contributed by atoms with E-state index in [1.54, 1.807) is 6.07 Å². The fourth-order valence-electron chi connectivity index (χ4n) is 3.62. The van der Waals surface area contributed by atoms with Crippen LogP contribution in [0.2, 0.25) is 0 Å². The third-order valence-corrected chi connectivity index (χ3v) is 8.39. The SMILES string of the molecule is Cc1ccc(S(=O)(=O)N2CCCC(C(=O)NCCN(C(C)C)C(C)C)C2)s1. The summed E-state index contributed by atoms with van der Waals surface area (Å²) in [6.07, 6.45) is 1.45. The zero-order valence-electron chi connectivity index (χ0n) is 17.1. The molecule has 0 bridgehead atoms. The predicted octanol–water partition coefficient (Wildman–Crippen LogP) is 2.69. The number of rotatable bonds is 8. The van der Waals surface area contributed by atoms with Crippen molar-refractivity contribution in [2.75, 3.05) is 26.2 Å². The Hall–Kier alpha value is -0.960. The van der Waals surface area contributed by atoms with Gasteiger partial charge in [0.05, 0.1) is 5.92 Å². The van der Waals surface area contributed by atoms with Gasteiger partial charge in [-0.2, -0.15) is 4.31 Å². The lowest BCUT2D eigenvalue weighted by atomic mass is 9.99. The number of piperidine rings is 1. The van der Waals surface area contributed by atoms with Gasteiger partial charge in [0.1, 0.15) is 4.21 Å². The molecule has 1 aliphatic heterocycles. The predicted molar refractivity (Wildman–Crippen MR) is 111 cm³/mol. The molecule has 1 saturated heterocycles. The maximum absolute atomic E-state index is 12.8. The van der Waals surface area contributed by atoms with Crippen LogP contribution >= 0.6 is 11.3 Å². The van der Waals surface area contributed by atoms with E-state index in [4.69, 9.17) is 0 Å². The zero-order chi connectivity index (χ0) is 20.2. The average molecular weight is 416 g/mol. The van der Waals surface area contributed by atoms with Crippen LogP contribution in [0.1, 0.15) is 45.4 Å². The molecule has 1 amide bonds. The first-order valence-electron chi connectivity index (χ1n) is 9.73. The molecule has 6 nitrogen and oxygen atoms in total. The normalized spacial score (nSPS) is 19.2. The van der Waals surface area contributed by atoms with Crippen molar-refractivity contribution in [3.63, 3.8) is 0 Å². The lowest BCUT2D eigenvalue weighted by Gasteiger charge is -2.32. The quantitative estimate of drug-likeness (QED) is 0.709. The molecular formula is C19H33N3O3S2. The van der Waals surface area contributed by atoms with E-state index in [1.807, 2.05) is 13.0 Å². The fraction of sp³-hybridized carbons (Fsp3) is 0.737. The number of aryl methyl sites for hydroxylation is 1. The highest BCUT2D eigenvalue weighted by Crippen LogP contribution is 2.28. The number of hydrogen-bond donors (Lipinski definition) is 1. The van der Waals surface area contributed by atoms with Crippen molar-refractivity contribution in [3.05, 3.63) is 17.0 Å². The molecule has 1 aromatic rings. The Morgan fingerprint density at radius 1 is 1.30 bits per heavy atom. The number of sulfonamides is 1. The van der Waals surface area contributed by atoms with Crippen LogP contribution in [0, 0.1) is 12.8 Å². The molecule has 0 aliphatic carbocycles. The lowest BCUT2D eigenvalue weighted by molar-refractivity contribution is -0.126. The second-order valence-corrected chi connectivity index (χ2v) is 11.2. The largest absolute Gasteiger partial charge is 0.355 e. The second kappa shape index (κ2) is 9.49. The van der Waals surface area contributed by atoms with Crippen molar-refractivity contribution in [1.29, 1.82) is 0 Å². The monoisotopic (exact) mass is 415 g/mol. The number of nitrogens with zero attached hydrogens (tertiary/aromatic N) is 2. The van der Waals surface area contributed by atoms with E-state index in [0.717, 1.165) is 17.8 Å². The van der Waals surface area contributed by atoms with Crippen molar-refractivity contribution in [2.24, 2.45) is 5.92 Å². The first kappa shape index (κ1) is 22.3. The number of nitrogens with one attached hydrogen (secondary N) is 1. The molecule has 2 rings (SSSR count). The van der Waals surface area contributed by atoms with E-state index < -0.39 is 10.0 Å². The van der Waals surface area contributed by atoms with Crippen LogP contribution in [-0.4, -0.2) is 61.8 Å². The maximum Gasteiger partial charge on any atom is 0.252 e. The van der Waals surface area contributed by atoms with Gasteiger partial charge in [-0.15, -0.1) is 11.3 Å². The Labute approximate surface area is 168 Å². The number of amides is 1. The van der Waals surface area contributed by atoms with Gasteiger partial charge >= 0.3 is 0 Å². The Balaban J connectivity index is 1.92. The third kappa shape index (κ3) is 5.76. The number of thiophene rings is 1. The highest BCUT2D eigenvalue weighted by Gasteiger charge is 2.34. The summed E-state index contributed by atoms with van der Waals surface area (Å²) < 4.78 is 27.5. The summed E-state index contributed by atoms with van der Waals surface area (Å²) in [5, 5.41) is 3.01. The van der Waals surface area contributed by atoms with Gasteiger partial charge in [-0.1, -0.05) is 0 Å². The molecule has 1 unspecified atom stereocenters. The van der Waals surface area contributed by atoms with Gasteiger partial charge in [-0.05, 0) is 59.6 Å². The summed E-state index contributed by atoms with van der Waals surface area (Å²) in [6.45, 7) is 12.6. The van der Waals surface area contributed by atoms with E-state index in [1.165, 1.54) is 15.6 Å². The molecule has 0 spiro atoms. The minimum Gasteiger partial charge on any atom is -0.355 e. The third-order valence-electron chi connectivity index (χ3n) is 5.06. The van der Waals surface area contributed by atoms with Crippen LogP contribution in [0.4, 0.5) is 0 Å². The second-order valence-electron chi connectivity index (χ2n) is 7.78. The standard InChI is InChI=1S/C19H33N3O3S2/c1-14(2)22(15(3)4)12-10-20-19(23)17-7-6-11-21(13-17)27(24,25)18-9-8-16(5)26-18/h8-9,14-15,17H,6-7,10-13H2,1-5H3,(H,20,23). The molecule has 1 atom stereocenters. The van der Waals surface area contributed by atoms with Gasteiger partial charge in [0.25, 0.3) is 10.0 Å². The number of carbonyl (C=O) groups is 1. The van der Waals surface area contributed by atoms with Crippen LogP contribution < -0.4 is 5.32 Å². The Kier molecular flexibility index (Phi) is 7.85. The van der Waals surface area contributed by atoms with Gasteiger partial charge in [0, 0.05) is 43.1 Å². The Bertz CT molecular complexity index is 720. The molecule has 27 heavy (non-hydrogen) atoms. The van der Waals surface area contributed by atoms with Gasteiger partial charge in [0.15, 0.2) is 0 Å². The van der Waals surface area contributed by atoms with E-state index in [0.29, 0.717) is 35.8 Å². The first-order chi connectivity index (χ1) is 12.6. The first-order valence-corrected chi connectivity index (χ1v) is 12.0. The Morgan fingerprint density at radius 2 is 1.96 bits per heavy atom. The number of carbonyl (C=O) groups excluding carboxylic acids is 1. The van der Waals surface area contributed by atoms with Gasteiger partial charge in [-0.3, -0.25) is 9.69 Å². The van der Waals surface area contributed by atoms with Crippen molar-refractivity contribution in [3.8, 4) is 0 Å². The smallest absolute Gasteiger partial charge is 0.252 e. The summed E-state index contributed by atoms with van der Waals surface area (Å²) in [4.78, 5) is 15.9. The summed E-state index contributed by atoms with van der Waals surface area (Å²) >= 11 is 1.28. The van der Waals surface area contributed by atoms with Gasteiger partial charge in [-0.25, -0.2) is 8.42 Å². The molecule has 154 valence electrons. The minimum absolute atomic E-state index is 0.0373. The lowest BCUT2D eigenvalue weighted by Crippen LogP contribution is -2.47. The average Bonchev–Trinajstić information content (AvgIpc) is 3.05. The highest BCUT2D eigenvalue weighted by atomic mass is 32.2. The van der Waals surface area contributed by atoms with Crippen LogP contribution in [0.3, 0.4) is 0 Å². The highest BCUT2D eigenvalue weighted by molar-refractivity contribution is 7.91. The van der Waals surface area contributed by atoms with E-state index in [9.17, 15) is 13.2 Å². The van der Waals surface area contributed by atoms with Crippen molar-refractivity contribution in [1.82, 2.24) is 14.5 Å². The molecule has 1 aromatic heterocycles. The molecule has 1 N–H and O–H groups in total.